The molecule has 2 amide bonds. The van der Waals surface area contributed by atoms with Gasteiger partial charge in [0.25, 0.3) is 0 Å². The average molecular weight is 536 g/mol. The Balaban J connectivity index is 1.66. The number of aryl methyl sites for hydroxylation is 1. The summed E-state index contributed by atoms with van der Waals surface area (Å²) in [6.07, 6.45) is -6.14. The minimum Gasteiger partial charge on any atom is -0.445 e. The molecule has 0 bridgehead atoms. The van der Waals surface area contributed by atoms with Crippen LogP contribution in [0.15, 0.2) is 48.5 Å². The van der Waals surface area contributed by atoms with Crippen molar-refractivity contribution in [2.24, 2.45) is 0 Å². The average Bonchev–Trinajstić information content (AvgIpc) is 3.21. The van der Waals surface area contributed by atoms with E-state index in [9.17, 15) is 27.6 Å². The zero-order valence-corrected chi connectivity index (χ0v) is 21.8. The summed E-state index contributed by atoms with van der Waals surface area (Å²) in [7, 11) is 1.30. The Hall–Kier alpha value is -3.47. The number of amides is 2. The second-order valence-corrected chi connectivity index (χ2v) is 10.3. The number of ether oxygens (including phenoxy) is 1. The van der Waals surface area contributed by atoms with Gasteiger partial charge in [-0.3, -0.25) is 14.5 Å². The molecule has 1 aromatic heterocycles. The van der Waals surface area contributed by atoms with Gasteiger partial charge in [-0.2, -0.15) is 13.2 Å². The molecule has 0 aliphatic rings. The summed E-state index contributed by atoms with van der Waals surface area (Å²) in [6.45, 7) is 2.03. The quantitative estimate of drug-likeness (QED) is 0.379. The topological polar surface area (TPSA) is 79.8 Å². The van der Waals surface area contributed by atoms with Crippen LogP contribution in [0.3, 0.4) is 0 Å². The molecule has 0 saturated heterocycles. The number of carbonyl (C=O) groups excluding carboxylic acids is 3. The fourth-order valence-corrected chi connectivity index (χ4v) is 4.52. The van der Waals surface area contributed by atoms with Gasteiger partial charge in [0.1, 0.15) is 23.7 Å². The number of carbonyl (C=O) groups is 3. The van der Waals surface area contributed by atoms with Crippen LogP contribution < -0.4 is 0 Å². The van der Waals surface area contributed by atoms with Crippen LogP contribution in [0.5, 0.6) is 0 Å². The summed E-state index contributed by atoms with van der Waals surface area (Å²) in [5.41, 5.74) is -0.282. The summed E-state index contributed by atoms with van der Waals surface area (Å²) >= 11 is 1.37. The molecule has 37 heavy (non-hydrogen) atoms. The number of rotatable bonds is 9. The Morgan fingerprint density at radius 3 is 2.35 bits per heavy atom. The third-order valence-electron chi connectivity index (χ3n) is 5.86. The third kappa shape index (κ3) is 7.06. The van der Waals surface area contributed by atoms with E-state index in [0.717, 1.165) is 34.5 Å². The predicted molar refractivity (Wildman–Crippen MR) is 134 cm³/mol. The van der Waals surface area contributed by atoms with Crippen LogP contribution >= 0.6 is 11.3 Å². The molecule has 0 aliphatic heterocycles. The molecule has 0 saturated carbocycles. The Bertz CT molecular complexity index is 1280. The van der Waals surface area contributed by atoms with Crippen molar-refractivity contribution in [1.29, 1.82) is 0 Å². The molecule has 3 aromatic rings. The molecule has 0 atom stereocenters. The molecule has 0 unspecified atom stereocenters. The van der Waals surface area contributed by atoms with Gasteiger partial charge in [0.15, 0.2) is 5.78 Å². The Morgan fingerprint density at radius 2 is 1.70 bits per heavy atom. The Labute approximate surface area is 216 Å². The lowest BCUT2D eigenvalue weighted by molar-refractivity contribution is -0.214. The number of Topliss-reactive ketones (excluding diaryl/α,β-unsaturated/α-hetero) is 1. The maximum absolute atomic E-state index is 13.8. The fraction of sp³-hybridized carbons (Fsp3) is 0.385. The van der Waals surface area contributed by atoms with E-state index in [1.54, 1.807) is 30.3 Å². The van der Waals surface area contributed by atoms with Gasteiger partial charge in [0, 0.05) is 7.05 Å². The number of aromatic nitrogens is 1. The highest BCUT2D eigenvalue weighted by Crippen LogP contribution is 2.35. The molecular formula is C26H28F3N3O4S. The van der Waals surface area contributed by atoms with Gasteiger partial charge in [-0.25, -0.2) is 9.78 Å². The van der Waals surface area contributed by atoms with Gasteiger partial charge in [-0.15, -0.1) is 11.3 Å². The molecule has 198 valence electrons. The van der Waals surface area contributed by atoms with Crippen molar-refractivity contribution in [2.45, 2.75) is 45.5 Å². The van der Waals surface area contributed by atoms with E-state index in [2.05, 4.69) is 4.98 Å². The first-order valence-corrected chi connectivity index (χ1v) is 12.3. The van der Waals surface area contributed by atoms with E-state index in [1.165, 1.54) is 18.4 Å². The summed E-state index contributed by atoms with van der Waals surface area (Å²) in [6, 6.07) is 14.2. The second-order valence-electron chi connectivity index (χ2n) is 9.23. The van der Waals surface area contributed by atoms with Crippen LogP contribution in [0.2, 0.25) is 0 Å². The Morgan fingerprint density at radius 1 is 1.03 bits per heavy atom. The fourth-order valence-electron chi connectivity index (χ4n) is 3.43. The molecule has 2 aromatic carbocycles. The van der Waals surface area contributed by atoms with E-state index in [0.29, 0.717) is 15.5 Å². The summed E-state index contributed by atoms with van der Waals surface area (Å²) in [4.78, 5) is 43.9. The van der Waals surface area contributed by atoms with E-state index in [4.69, 9.17) is 4.74 Å². The minimum atomic E-state index is -4.83. The van der Waals surface area contributed by atoms with Crippen LogP contribution in [-0.2, 0) is 27.4 Å². The lowest BCUT2D eigenvalue weighted by atomic mass is 10.0. The molecule has 0 N–H and O–H groups in total. The first kappa shape index (κ1) is 28.1. The predicted octanol–water partition coefficient (Wildman–Crippen LogP) is 5.15. The lowest BCUT2D eigenvalue weighted by Crippen LogP contribution is -2.59. The molecule has 0 fully saturated rings. The van der Waals surface area contributed by atoms with E-state index >= 15 is 0 Å². The molecule has 0 aliphatic carbocycles. The summed E-state index contributed by atoms with van der Waals surface area (Å²) in [5.74, 6) is -1.16. The molecule has 0 spiro atoms. The van der Waals surface area contributed by atoms with Crippen LogP contribution in [0.25, 0.3) is 10.2 Å². The Kier molecular flexibility index (Phi) is 8.57. The summed E-state index contributed by atoms with van der Waals surface area (Å²) in [5, 5.41) is 0.579. The van der Waals surface area contributed by atoms with Gasteiger partial charge in [-0.1, -0.05) is 36.4 Å². The molecule has 11 heteroatoms. The number of halogens is 3. The number of ketones is 1. The smallest absolute Gasteiger partial charge is 0.411 e. The van der Waals surface area contributed by atoms with Gasteiger partial charge < -0.3 is 9.64 Å². The summed E-state index contributed by atoms with van der Waals surface area (Å²) < 4.78 is 47.4. The van der Waals surface area contributed by atoms with Crippen molar-refractivity contribution in [1.82, 2.24) is 14.8 Å². The third-order valence-corrected chi connectivity index (χ3v) is 6.88. The van der Waals surface area contributed by atoms with E-state index < -0.39 is 30.3 Å². The first-order chi connectivity index (χ1) is 17.3. The van der Waals surface area contributed by atoms with Crippen LogP contribution in [-0.4, -0.2) is 64.4 Å². The second kappa shape index (κ2) is 11.3. The van der Waals surface area contributed by atoms with Crippen molar-refractivity contribution >= 4 is 39.3 Å². The maximum Gasteiger partial charge on any atom is 0.411 e. The van der Waals surface area contributed by atoms with Gasteiger partial charge >= 0.3 is 12.3 Å². The number of hydrogen-bond acceptors (Lipinski definition) is 6. The van der Waals surface area contributed by atoms with Crippen molar-refractivity contribution < 1.29 is 32.3 Å². The van der Waals surface area contributed by atoms with Crippen molar-refractivity contribution in [3.8, 4) is 0 Å². The van der Waals surface area contributed by atoms with Crippen LogP contribution in [0, 0.1) is 6.92 Å². The highest BCUT2D eigenvalue weighted by molar-refractivity contribution is 7.18. The van der Waals surface area contributed by atoms with Gasteiger partial charge in [0.05, 0.1) is 23.2 Å². The number of nitrogens with zero attached hydrogens (tertiary/aromatic N) is 3. The van der Waals surface area contributed by atoms with E-state index in [1.807, 2.05) is 25.1 Å². The highest BCUT2D eigenvalue weighted by Gasteiger charge is 2.54. The number of likely N-dealkylation sites (N-methyl/N-ethyl adjacent to an activating group) is 1. The van der Waals surface area contributed by atoms with Crippen LogP contribution in [0.1, 0.15) is 30.0 Å². The SMILES string of the molecule is Cc1ccc2nc(CC(=O)CN(C)C(=O)CN(C(=O)OCc3ccccc3)C(C)(C)C(F)(F)F)sc2c1. The number of thiazole rings is 1. The highest BCUT2D eigenvalue weighted by atomic mass is 32.1. The normalized spacial score (nSPS) is 11.9. The van der Waals surface area contributed by atoms with Crippen molar-refractivity contribution in [3.05, 3.63) is 64.7 Å². The van der Waals surface area contributed by atoms with Crippen LogP contribution in [0.4, 0.5) is 18.0 Å². The largest absolute Gasteiger partial charge is 0.445 e. The number of hydrogen-bond donors (Lipinski definition) is 0. The zero-order chi connectivity index (χ0) is 27.4. The molecular weight excluding hydrogens is 507 g/mol. The standard InChI is InChI=1S/C26H28F3N3O4S/c1-17-10-11-20-21(12-17)37-22(30-20)13-19(33)14-31(4)23(34)15-32(25(2,3)26(27,28)29)24(35)36-16-18-8-6-5-7-9-18/h5-12H,13-16H2,1-4H3. The number of fused-ring (bicyclic) bond motifs is 1. The van der Waals surface area contributed by atoms with Crippen molar-refractivity contribution in [2.75, 3.05) is 20.1 Å². The molecule has 3 rings (SSSR count). The van der Waals surface area contributed by atoms with Crippen molar-refractivity contribution in [3.63, 3.8) is 0 Å². The van der Waals surface area contributed by atoms with Gasteiger partial charge in [0.2, 0.25) is 5.91 Å². The number of alkyl halides is 3. The molecule has 0 radical (unpaired) electrons. The first-order valence-electron chi connectivity index (χ1n) is 11.4. The monoisotopic (exact) mass is 535 g/mol. The number of benzene rings is 2. The zero-order valence-electron chi connectivity index (χ0n) is 21.0. The maximum atomic E-state index is 13.8. The molecule has 7 nitrogen and oxygen atoms in total. The van der Waals surface area contributed by atoms with Gasteiger partial charge in [-0.05, 0) is 44.0 Å². The van der Waals surface area contributed by atoms with E-state index in [-0.39, 0.29) is 25.4 Å². The lowest BCUT2D eigenvalue weighted by Gasteiger charge is -2.39. The molecule has 1 heterocycles. The minimum absolute atomic E-state index is 0.0209.